The zero-order valence-electron chi connectivity index (χ0n) is 19.5. The molecule has 37 heavy (non-hydrogen) atoms. The predicted molar refractivity (Wildman–Crippen MR) is 128 cm³/mol. The van der Waals surface area contributed by atoms with Gasteiger partial charge in [0.05, 0.1) is 28.7 Å². The van der Waals surface area contributed by atoms with Crippen LogP contribution in [0.3, 0.4) is 0 Å². The van der Waals surface area contributed by atoms with Crippen LogP contribution >= 0.6 is 0 Å². The molecule has 0 radical (unpaired) electrons. The van der Waals surface area contributed by atoms with E-state index in [1.54, 1.807) is 42.5 Å². The van der Waals surface area contributed by atoms with Crippen LogP contribution < -0.4 is 19.1 Å². The van der Waals surface area contributed by atoms with Crippen LogP contribution in [0.5, 0.6) is 17.2 Å². The average Bonchev–Trinajstić information content (AvgIpc) is 3.46. The number of carbonyl (C=O) groups is 3. The number of fused-ring (bicyclic) bond motifs is 2. The highest BCUT2D eigenvalue weighted by Gasteiger charge is 2.57. The molecule has 0 N–H and O–H groups in total. The third kappa shape index (κ3) is 3.39. The van der Waals surface area contributed by atoms with Gasteiger partial charge in [0.15, 0.2) is 11.5 Å². The largest absolute Gasteiger partial charge is 0.494 e. The van der Waals surface area contributed by atoms with Gasteiger partial charge in [0.1, 0.15) is 11.8 Å². The van der Waals surface area contributed by atoms with Crippen molar-refractivity contribution in [2.24, 2.45) is 0 Å². The van der Waals surface area contributed by atoms with Crippen LogP contribution in [0, 0.1) is 10.1 Å². The topological polar surface area (TPSA) is 129 Å². The summed E-state index contributed by atoms with van der Waals surface area (Å²) in [6, 6.07) is 13.7. The highest BCUT2D eigenvalue weighted by atomic mass is 16.7. The maximum atomic E-state index is 13.6. The number of hydrogen-bond donors (Lipinski definition) is 0. The van der Waals surface area contributed by atoms with Crippen LogP contribution in [-0.2, 0) is 4.79 Å². The van der Waals surface area contributed by atoms with Crippen molar-refractivity contribution in [3.8, 4) is 17.2 Å². The van der Waals surface area contributed by atoms with Gasteiger partial charge in [-0.1, -0.05) is 6.07 Å². The molecule has 0 aliphatic carbocycles. The molecule has 2 atom stereocenters. The fourth-order valence-electron chi connectivity index (χ4n) is 4.92. The maximum Gasteiger partial charge on any atom is 0.270 e. The van der Waals surface area contributed by atoms with E-state index in [9.17, 15) is 24.5 Å². The second-order valence-electron chi connectivity index (χ2n) is 8.60. The summed E-state index contributed by atoms with van der Waals surface area (Å²) in [7, 11) is 0. The minimum Gasteiger partial charge on any atom is -0.494 e. The third-order valence-electron chi connectivity index (χ3n) is 6.62. The van der Waals surface area contributed by atoms with E-state index in [0.717, 1.165) is 17.0 Å². The van der Waals surface area contributed by atoms with Gasteiger partial charge in [-0.05, 0) is 55.0 Å². The first-order valence-electron chi connectivity index (χ1n) is 11.5. The number of nitro benzene ring substituents is 1. The number of hydrogen-bond acceptors (Lipinski definition) is 8. The molecule has 3 heterocycles. The summed E-state index contributed by atoms with van der Waals surface area (Å²) in [6.07, 6.45) is 0. The van der Waals surface area contributed by atoms with Gasteiger partial charge in [-0.25, -0.2) is 0 Å². The Balaban J connectivity index is 1.41. The first-order chi connectivity index (χ1) is 17.9. The van der Waals surface area contributed by atoms with Crippen molar-refractivity contribution >= 4 is 29.1 Å². The summed E-state index contributed by atoms with van der Waals surface area (Å²) in [5.41, 5.74) is 0.790. The second kappa shape index (κ2) is 8.33. The predicted octanol–water partition coefficient (Wildman–Crippen LogP) is 3.47. The van der Waals surface area contributed by atoms with E-state index in [1.165, 1.54) is 11.0 Å². The molecule has 3 aromatic rings. The Morgan fingerprint density at radius 3 is 2.35 bits per heavy atom. The summed E-state index contributed by atoms with van der Waals surface area (Å²) in [5, 5.41) is 11.2. The number of nitro groups is 1. The molecule has 0 bridgehead atoms. The van der Waals surface area contributed by atoms with Crippen LogP contribution in [0.2, 0.25) is 0 Å². The molecule has 3 aromatic carbocycles. The van der Waals surface area contributed by atoms with Gasteiger partial charge >= 0.3 is 0 Å². The summed E-state index contributed by atoms with van der Waals surface area (Å²) >= 11 is 0. The van der Waals surface area contributed by atoms with Gasteiger partial charge in [0, 0.05) is 17.8 Å². The number of non-ortho nitro benzene ring substituents is 1. The molecule has 11 heteroatoms. The lowest BCUT2D eigenvalue weighted by molar-refractivity contribution is -0.384. The lowest BCUT2D eigenvalue weighted by atomic mass is 9.86. The number of imide groups is 1. The molecule has 1 saturated heterocycles. The molecular weight excluding hydrogens is 482 g/mol. The van der Waals surface area contributed by atoms with Crippen LogP contribution in [-0.4, -0.2) is 47.0 Å². The van der Waals surface area contributed by atoms with Crippen molar-refractivity contribution in [1.29, 1.82) is 0 Å². The molecule has 3 aliphatic rings. The molecular formula is C26H19N3O8. The van der Waals surface area contributed by atoms with Crippen molar-refractivity contribution < 1.29 is 33.5 Å². The van der Waals surface area contributed by atoms with Crippen molar-refractivity contribution in [3.63, 3.8) is 0 Å². The number of amides is 3. The van der Waals surface area contributed by atoms with Crippen LogP contribution in [0.25, 0.3) is 0 Å². The number of ether oxygens (including phenoxy) is 3. The summed E-state index contributed by atoms with van der Waals surface area (Å²) < 4.78 is 16.4. The Bertz CT molecular complexity index is 1490. The molecule has 2 unspecified atom stereocenters. The number of nitrogens with zero attached hydrogens (tertiary/aromatic N) is 3. The van der Waals surface area contributed by atoms with E-state index in [0.29, 0.717) is 35.1 Å². The molecule has 0 saturated carbocycles. The molecule has 3 amide bonds. The van der Waals surface area contributed by atoms with Crippen molar-refractivity contribution in [3.05, 3.63) is 87.5 Å². The molecule has 11 nitrogen and oxygen atoms in total. The zero-order valence-corrected chi connectivity index (χ0v) is 19.5. The van der Waals surface area contributed by atoms with Crippen LogP contribution in [0.15, 0.2) is 60.7 Å². The van der Waals surface area contributed by atoms with Crippen molar-refractivity contribution in [1.82, 2.24) is 4.90 Å². The maximum absolute atomic E-state index is 13.6. The van der Waals surface area contributed by atoms with E-state index in [4.69, 9.17) is 14.2 Å². The number of carbonyl (C=O) groups excluding carboxylic acids is 3. The summed E-state index contributed by atoms with van der Waals surface area (Å²) in [4.78, 5) is 53.2. The summed E-state index contributed by atoms with van der Waals surface area (Å²) in [6.45, 7) is 2.41. The SMILES string of the molecule is CCOc1ccc(N2C(=O)C(N3C(=O)c4ccc([N+](=O)[O-])cc4C3=O)C2c2ccc3c(c2)OCO3)cc1. The first kappa shape index (κ1) is 22.5. The normalized spacial score (nSPS) is 19.6. The van der Waals surface area contributed by atoms with Gasteiger partial charge in [0.2, 0.25) is 6.79 Å². The lowest BCUT2D eigenvalue weighted by Crippen LogP contribution is -2.67. The third-order valence-corrected chi connectivity index (χ3v) is 6.62. The van der Waals surface area contributed by atoms with Gasteiger partial charge in [-0.3, -0.25) is 29.4 Å². The fraction of sp³-hybridized carbons (Fsp3) is 0.192. The van der Waals surface area contributed by atoms with Gasteiger partial charge in [-0.2, -0.15) is 0 Å². The lowest BCUT2D eigenvalue weighted by Gasteiger charge is -2.49. The molecule has 1 fully saturated rings. The monoisotopic (exact) mass is 501 g/mol. The molecule has 3 aliphatic heterocycles. The van der Waals surface area contributed by atoms with Crippen molar-refractivity contribution in [2.75, 3.05) is 18.3 Å². The molecule has 0 aromatic heterocycles. The van der Waals surface area contributed by atoms with Gasteiger partial charge < -0.3 is 19.1 Å². The highest BCUT2D eigenvalue weighted by Crippen LogP contribution is 2.46. The van der Waals surface area contributed by atoms with E-state index >= 15 is 0 Å². The van der Waals surface area contributed by atoms with E-state index < -0.39 is 34.7 Å². The quantitative estimate of drug-likeness (QED) is 0.217. The number of rotatable bonds is 6. The van der Waals surface area contributed by atoms with Crippen LogP contribution in [0.4, 0.5) is 11.4 Å². The summed E-state index contributed by atoms with van der Waals surface area (Å²) in [5.74, 6) is -0.218. The minimum atomic E-state index is -1.15. The van der Waals surface area contributed by atoms with Gasteiger partial charge in [-0.15, -0.1) is 0 Å². The Morgan fingerprint density at radius 2 is 1.62 bits per heavy atom. The zero-order chi connectivity index (χ0) is 25.8. The number of anilines is 1. The Kier molecular flexibility index (Phi) is 5.07. The minimum absolute atomic E-state index is 0.0207. The average molecular weight is 501 g/mol. The van der Waals surface area contributed by atoms with Gasteiger partial charge in [0.25, 0.3) is 23.4 Å². The Hall–Kier alpha value is -4.93. The number of β-lactam (4-membered cyclic amide) rings is 1. The smallest absolute Gasteiger partial charge is 0.270 e. The Labute approximate surface area is 209 Å². The van der Waals surface area contributed by atoms with E-state index in [2.05, 4.69) is 0 Å². The second-order valence-corrected chi connectivity index (χ2v) is 8.60. The molecule has 186 valence electrons. The molecule has 6 rings (SSSR count). The Morgan fingerprint density at radius 1 is 0.892 bits per heavy atom. The first-order valence-corrected chi connectivity index (χ1v) is 11.5. The number of benzene rings is 3. The van der Waals surface area contributed by atoms with Crippen molar-refractivity contribution in [2.45, 2.75) is 19.0 Å². The van der Waals surface area contributed by atoms with Crippen LogP contribution in [0.1, 0.15) is 39.2 Å². The van der Waals surface area contributed by atoms with E-state index in [-0.39, 0.29) is 23.6 Å². The standard InChI is InChI=1S/C26H19N3O8/c1-2-35-17-7-4-15(5-8-17)27-22(14-3-10-20-21(11-14)37-13-36-20)23(26(27)32)28-24(30)18-9-6-16(29(33)34)12-19(18)25(28)31/h3-12,22-23H,2,13H2,1H3. The fourth-order valence-corrected chi connectivity index (χ4v) is 4.92. The molecule has 0 spiro atoms. The highest BCUT2D eigenvalue weighted by molar-refractivity contribution is 6.25. The van der Waals surface area contributed by atoms with E-state index in [1.807, 2.05) is 6.92 Å².